The van der Waals surface area contributed by atoms with E-state index in [1.165, 1.54) is 4.90 Å². The van der Waals surface area contributed by atoms with Crippen molar-refractivity contribution in [2.75, 3.05) is 6.54 Å². The van der Waals surface area contributed by atoms with Crippen molar-refractivity contribution < 1.29 is 27.5 Å². The molecule has 0 N–H and O–H groups in total. The minimum Gasteiger partial charge on any atom is -0.458 e. The number of pyridine rings is 1. The Hall–Kier alpha value is -2.16. The van der Waals surface area contributed by atoms with Gasteiger partial charge in [0.15, 0.2) is 0 Å². The van der Waals surface area contributed by atoms with Gasteiger partial charge in [-0.05, 0) is 51.7 Å². The van der Waals surface area contributed by atoms with Crippen LogP contribution in [-0.2, 0) is 20.9 Å². The van der Waals surface area contributed by atoms with Crippen LogP contribution < -0.4 is 0 Å². The first-order valence-corrected chi connectivity index (χ1v) is 10.7. The number of rotatable bonds is 4. The second-order valence-electron chi connectivity index (χ2n) is 9.91. The molecule has 0 saturated carbocycles. The molecule has 3 saturated heterocycles. The highest BCUT2D eigenvalue weighted by Gasteiger charge is 2.61. The molecule has 0 radical (unpaired) electrons. The maximum atomic E-state index is 13.0. The molecule has 3 aliphatic rings. The van der Waals surface area contributed by atoms with Crippen LogP contribution in [0.15, 0.2) is 24.4 Å². The monoisotopic (exact) mass is 439 g/mol. The minimum atomic E-state index is -4.57. The quantitative estimate of drug-likeness (QED) is 0.675. The van der Waals surface area contributed by atoms with Crippen LogP contribution in [0.5, 0.6) is 0 Å². The van der Waals surface area contributed by atoms with E-state index in [9.17, 15) is 22.8 Å². The fourth-order valence-electron chi connectivity index (χ4n) is 5.24. The zero-order valence-electron chi connectivity index (χ0n) is 17.9. The number of carbonyl (C=O) groups excluding carboxylic acids is 2. The summed E-state index contributed by atoms with van der Waals surface area (Å²) in [5.74, 6) is -1.25. The zero-order valence-corrected chi connectivity index (χ0v) is 17.9. The highest BCUT2D eigenvalue weighted by molar-refractivity contribution is 5.78. The number of esters is 1. The molecular weight excluding hydrogens is 411 g/mol. The second kappa shape index (κ2) is 7.76. The maximum Gasteiger partial charge on any atom is 0.397 e. The number of piperidine rings is 2. The minimum absolute atomic E-state index is 0.0988. The Morgan fingerprint density at radius 3 is 2.48 bits per heavy atom. The molecule has 6 nitrogen and oxygen atoms in total. The number of halogens is 3. The molecular formula is C22H28F3N3O3. The largest absolute Gasteiger partial charge is 0.458 e. The lowest BCUT2D eigenvalue weighted by Gasteiger charge is -2.46. The summed E-state index contributed by atoms with van der Waals surface area (Å²) < 4.78 is 44.9. The predicted molar refractivity (Wildman–Crippen MR) is 106 cm³/mol. The summed E-state index contributed by atoms with van der Waals surface area (Å²) in [6.45, 7) is 6.02. The maximum absolute atomic E-state index is 13.0. The van der Waals surface area contributed by atoms with Gasteiger partial charge in [-0.1, -0.05) is 6.07 Å². The van der Waals surface area contributed by atoms with Crippen molar-refractivity contribution in [3.63, 3.8) is 0 Å². The first-order chi connectivity index (χ1) is 14.4. The van der Waals surface area contributed by atoms with E-state index in [0.29, 0.717) is 13.0 Å². The molecule has 1 amide bonds. The first kappa shape index (κ1) is 22.0. The van der Waals surface area contributed by atoms with Gasteiger partial charge in [0, 0.05) is 31.4 Å². The van der Waals surface area contributed by atoms with E-state index in [1.54, 1.807) is 27.0 Å². The number of likely N-dealkylation sites (tertiary alicyclic amines) is 1. The normalized spacial score (nSPS) is 30.5. The van der Waals surface area contributed by atoms with Gasteiger partial charge >= 0.3 is 12.1 Å². The van der Waals surface area contributed by atoms with Crippen LogP contribution in [0.25, 0.3) is 0 Å². The number of aromatic nitrogens is 1. The fraction of sp³-hybridized carbons (Fsp3) is 0.682. The van der Waals surface area contributed by atoms with Crippen molar-refractivity contribution in [2.24, 2.45) is 11.3 Å². The van der Waals surface area contributed by atoms with Crippen LogP contribution in [0.3, 0.4) is 0 Å². The van der Waals surface area contributed by atoms with Gasteiger partial charge in [-0.15, -0.1) is 0 Å². The van der Waals surface area contributed by atoms with Gasteiger partial charge in [0.05, 0.1) is 17.2 Å². The Kier molecular flexibility index (Phi) is 5.52. The molecule has 4 unspecified atom stereocenters. The van der Waals surface area contributed by atoms with Gasteiger partial charge in [-0.25, -0.2) is 0 Å². The summed E-state index contributed by atoms with van der Waals surface area (Å²) in [5.41, 5.74) is 0.0904. The molecule has 0 aliphatic carbocycles. The number of amides is 1. The molecule has 4 heterocycles. The van der Waals surface area contributed by atoms with Crippen molar-refractivity contribution in [1.82, 2.24) is 14.8 Å². The first-order valence-electron chi connectivity index (χ1n) is 10.7. The van der Waals surface area contributed by atoms with Crippen molar-refractivity contribution in [3.8, 4) is 0 Å². The van der Waals surface area contributed by atoms with E-state index in [-0.39, 0.29) is 24.5 Å². The topological polar surface area (TPSA) is 62.7 Å². The molecule has 3 aliphatic heterocycles. The standard InChI is InChI=1S/C22H28F3N3O3/c1-21(2,3)20(30)31-19-16-9-13-8-15(27(16)12-14-6-4-5-7-26-14)18(19)28(11-13)17(29)10-22(23,24)25/h4-7,13,15-16,18-19H,8-12H2,1-3H3/t13?,15?,16?,18?,19-/m0/s1. The molecule has 5 atom stereocenters. The van der Waals surface area contributed by atoms with Gasteiger partial charge in [-0.2, -0.15) is 13.2 Å². The number of nitrogens with zero attached hydrogens (tertiary/aromatic N) is 3. The lowest BCUT2D eigenvalue weighted by Crippen LogP contribution is -2.58. The SMILES string of the molecule is CC(C)(C)C(=O)O[C@@H]1C2C3CC(CC1N3Cc1ccccn1)CN2C(=O)CC(F)(F)F. The Morgan fingerprint density at radius 1 is 1.16 bits per heavy atom. The van der Waals surface area contributed by atoms with Crippen LogP contribution in [0.2, 0.25) is 0 Å². The number of hydrogen-bond acceptors (Lipinski definition) is 5. The Balaban J connectivity index is 1.65. The molecule has 170 valence electrons. The lowest BCUT2D eigenvalue weighted by molar-refractivity contribution is -0.171. The molecule has 3 fully saturated rings. The number of alkyl halides is 3. The van der Waals surface area contributed by atoms with E-state index < -0.39 is 42.0 Å². The summed E-state index contributed by atoms with van der Waals surface area (Å²) in [6.07, 6.45) is -3.57. The summed E-state index contributed by atoms with van der Waals surface area (Å²) in [6, 6.07) is 4.72. The summed E-state index contributed by atoms with van der Waals surface area (Å²) in [7, 11) is 0. The van der Waals surface area contributed by atoms with Crippen LogP contribution >= 0.6 is 0 Å². The molecule has 9 heteroatoms. The molecule has 3 bridgehead atoms. The van der Waals surface area contributed by atoms with Crippen LogP contribution in [0.1, 0.15) is 45.7 Å². The Bertz CT molecular complexity index is 840. The van der Waals surface area contributed by atoms with Crippen LogP contribution in [0.4, 0.5) is 13.2 Å². The van der Waals surface area contributed by atoms with Crippen LogP contribution in [-0.4, -0.2) is 63.6 Å². The molecule has 0 aromatic carbocycles. The number of fused-ring (bicyclic) bond motifs is 2. The van der Waals surface area contributed by atoms with Gasteiger partial charge in [0.2, 0.25) is 5.91 Å². The van der Waals surface area contributed by atoms with E-state index in [1.807, 2.05) is 18.2 Å². The summed E-state index contributed by atoms with van der Waals surface area (Å²) in [4.78, 5) is 33.3. The number of hydrogen-bond donors (Lipinski definition) is 0. The van der Waals surface area contributed by atoms with Gasteiger partial charge in [0.1, 0.15) is 12.5 Å². The third kappa shape index (κ3) is 4.42. The van der Waals surface area contributed by atoms with E-state index in [2.05, 4.69) is 9.88 Å². The number of ether oxygens (including phenoxy) is 1. The van der Waals surface area contributed by atoms with Gasteiger partial charge in [-0.3, -0.25) is 19.5 Å². The van der Waals surface area contributed by atoms with Gasteiger partial charge < -0.3 is 9.64 Å². The predicted octanol–water partition coefficient (Wildman–Crippen LogP) is 3.17. The van der Waals surface area contributed by atoms with Crippen molar-refractivity contribution >= 4 is 11.9 Å². The number of carbonyl (C=O) groups is 2. The molecule has 1 aromatic rings. The zero-order chi connectivity index (χ0) is 22.6. The highest BCUT2D eigenvalue weighted by atomic mass is 19.4. The third-order valence-electron chi connectivity index (χ3n) is 6.52. The summed E-state index contributed by atoms with van der Waals surface area (Å²) in [5, 5.41) is 0. The highest BCUT2D eigenvalue weighted by Crippen LogP contribution is 2.48. The Morgan fingerprint density at radius 2 is 1.87 bits per heavy atom. The van der Waals surface area contributed by atoms with E-state index in [4.69, 9.17) is 4.74 Å². The Labute approximate surface area is 179 Å². The average molecular weight is 439 g/mol. The molecule has 31 heavy (non-hydrogen) atoms. The molecule has 4 rings (SSSR count). The molecule has 0 spiro atoms. The third-order valence-corrected chi connectivity index (χ3v) is 6.52. The summed E-state index contributed by atoms with van der Waals surface area (Å²) >= 11 is 0. The molecule has 1 aromatic heterocycles. The average Bonchev–Trinajstić information content (AvgIpc) is 2.78. The lowest BCUT2D eigenvalue weighted by atomic mass is 9.86. The van der Waals surface area contributed by atoms with Crippen molar-refractivity contribution in [3.05, 3.63) is 30.1 Å². The van der Waals surface area contributed by atoms with Crippen molar-refractivity contribution in [2.45, 2.75) is 77.0 Å². The van der Waals surface area contributed by atoms with Crippen molar-refractivity contribution in [1.29, 1.82) is 0 Å². The fourth-order valence-corrected chi connectivity index (χ4v) is 5.24. The second-order valence-corrected chi connectivity index (χ2v) is 9.91. The van der Waals surface area contributed by atoms with Gasteiger partial charge in [0.25, 0.3) is 0 Å². The smallest absolute Gasteiger partial charge is 0.397 e. The van der Waals surface area contributed by atoms with Crippen LogP contribution in [0, 0.1) is 11.3 Å². The van der Waals surface area contributed by atoms with E-state index >= 15 is 0 Å². The van der Waals surface area contributed by atoms with E-state index in [0.717, 1.165) is 12.1 Å².